The summed E-state index contributed by atoms with van der Waals surface area (Å²) in [6, 6.07) is 11.0. The third-order valence-corrected chi connectivity index (χ3v) is 7.94. The zero-order chi connectivity index (χ0) is 31.2. The van der Waals surface area contributed by atoms with Gasteiger partial charge in [0.05, 0.1) is 21.3 Å². The molecule has 1 atom stereocenters. The Morgan fingerprint density at radius 1 is 0.837 bits per heavy atom. The second kappa shape index (κ2) is 17.4. The first-order valence-corrected chi connectivity index (χ1v) is 15.6. The average Bonchev–Trinajstić information content (AvgIpc) is 3.02. The Morgan fingerprint density at radius 3 is 2.07 bits per heavy atom. The summed E-state index contributed by atoms with van der Waals surface area (Å²) in [5.41, 5.74) is 2.77. The molecule has 3 rings (SSSR count). The number of hydrogen-bond donors (Lipinski definition) is 1. The molecule has 3 amide bonds. The van der Waals surface area contributed by atoms with Crippen molar-refractivity contribution in [1.29, 1.82) is 0 Å². The quantitative estimate of drug-likeness (QED) is 0.237. The van der Waals surface area contributed by atoms with Crippen molar-refractivity contribution in [2.45, 2.75) is 77.7 Å². The maximum atomic E-state index is 13.7. The summed E-state index contributed by atoms with van der Waals surface area (Å²) in [6.07, 6.45) is 8.94. The molecule has 1 saturated heterocycles. The molecule has 2 aromatic carbocycles. The Hall–Kier alpha value is -3.75. The van der Waals surface area contributed by atoms with Gasteiger partial charge in [0.2, 0.25) is 23.5 Å². The molecule has 0 aromatic heterocycles. The highest BCUT2D eigenvalue weighted by Gasteiger charge is 2.39. The van der Waals surface area contributed by atoms with Crippen LogP contribution in [0.5, 0.6) is 17.2 Å². The van der Waals surface area contributed by atoms with Crippen molar-refractivity contribution in [2.24, 2.45) is 0 Å². The molecule has 236 valence electrons. The summed E-state index contributed by atoms with van der Waals surface area (Å²) < 4.78 is 16.4. The van der Waals surface area contributed by atoms with Crippen molar-refractivity contribution in [3.63, 3.8) is 0 Å². The smallest absolute Gasteiger partial charge is 0.246 e. The fourth-order valence-electron chi connectivity index (χ4n) is 5.46. The van der Waals surface area contributed by atoms with E-state index in [0.717, 1.165) is 42.4 Å². The van der Waals surface area contributed by atoms with Gasteiger partial charge in [-0.05, 0) is 41.7 Å². The molecule has 2 aromatic rings. The molecule has 1 aliphatic rings. The summed E-state index contributed by atoms with van der Waals surface area (Å²) >= 11 is 0. The zero-order valence-corrected chi connectivity index (χ0v) is 26.6. The molecule has 1 aliphatic heterocycles. The number of nitrogens with one attached hydrogen (secondary N) is 1. The van der Waals surface area contributed by atoms with E-state index in [2.05, 4.69) is 19.2 Å². The summed E-state index contributed by atoms with van der Waals surface area (Å²) in [5.74, 6) is 1.14. The molecule has 1 heterocycles. The van der Waals surface area contributed by atoms with Gasteiger partial charge >= 0.3 is 0 Å². The van der Waals surface area contributed by atoms with Crippen LogP contribution in [0.25, 0.3) is 11.1 Å². The van der Waals surface area contributed by atoms with Gasteiger partial charge in [0.15, 0.2) is 11.5 Å². The summed E-state index contributed by atoms with van der Waals surface area (Å²) in [7, 11) is 4.73. The number of rotatable bonds is 18. The van der Waals surface area contributed by atoms with Gasteiger partial charge in [-0.15, -0.1) is 0 Å². The third kappa shape index (κ3) is 9.37. The maximum Gasteiger partial charge on any atom is 0.246 e. The molecule has 0 radical (unpaired) electrons. The van der Waals surface area contributed by atoms with Crippen LogP contribution in [-0.2, 0) is 20.8 Å². The lowest BCUT2D eigenvalue weighted by Crippen LogP contribution is -2.62. The lowest BCUT2D eigenvalue weighted by atomic mass is 9.97. The Bertz CT molecular complexity index is 1170. The standard InChI is InChI=1S/C34H49N3O6/c1-6-8-10-11-12-13-18-35-31(38)23-36-24-32(39)37(19-9-7-2)28(34(36)40)20-25-14-16-26(17-15-25)27-21-29(41-3)33(43-5)30(22-27)42-4/h14-17,21-22,28H,6-13,18-20,23-24H2,1-5H3,(H,35,38). The molecule has 1 fully saturated rings. The van der Waals surface area contributed by atoms with Crippen molar-refractivity contribution in [1.82, 2.24) is 15.1 Å². The predicted octanol–water partition coefficient (Wildman–Crippen LogP) is 5.24. The number of ether oxygens (including phenoxy) is 3. The summed E-state index contributed by atoms with van der Waals surface area (Å²) in [4.78, 5) is 42.6. The Balaban J connectivity index is 1.70. The predicted molar refractivity (Wildman–Crippen MR) is 169 cm³/mol. The Morgan fingerprint density at radius 2 is 1.47 bits per heavy atom. The van der Waals surface area contributed by atoms with Gasteiger partial charge in [-0.1, -0.05) is 76.6 Å². The number of methoxy groups -OCH3 is 3. The van der Waals surface area contributed by atoms with E-state index in [0.29, 0.717) is 36.8 Å². The van der Waals surface area contributed by atoms with Crippen LogP contribution in [0, 0.1) is 0 Å². The number of carbonyl (C=O) groups is 3. The number of unbranched alkanes of at least 4 members (excludes halogenated alkanes) is 6. The van der Waals surface area contributed by atoms with Crippen LogP contribution in [-0.4, -0.2) is 81.1 Å². The maximum absolute atomic E-state index is 13.7. The molecule has 0 bridgehead atoms. The van der Waals surface area contributed by atoms with E-state index < -0.39 is 6.04 Å². The molecule has 0 spiro atoms. The van der Waals surface area contributed by atoms with Crippen molar-refractivity contribution < 1.29 is 28.6 Å². The highest BCUT2D eigenvalue weighted by Crippen LogP contribution is 2.41. The van der Waals surface area contributed by atoms with Gasteiger partial charge in [-0.25, -0.2) is 0 Å². The first-order valence-electron chi connectivity index (χ1n) is 15.6. The minimum Gasteiger partial charge on any atom is -0.493 e. The normalized spacial score (nSPS) is 15.0. The monoisotopic (exact) mass is 595 g/mol. The van der Waals surface area contributed by atoms with Gasteiger partial charge in [0.25, 0.3) is 0 Å². The van der Waals surface area contributed by atoms with Gasteiger partial charge < -0.3 is 29.3 Å². The van der Waals surface area contributed by atoms with Crippen LogP contribution in [0.3, 0.4) is 0 Å². The minimum absolute atomic E-state index is 0.0659. The summed E-state index contributed by atoms with van der Waals surface area (Å²) in [6.45, 7) is 5.20. The van der Waals surface area contributed by atoms with E-state index in [4.69, 9.17) is 14.2 Å². The van der Waals surface area contributed by atoms with Crippen LogP contribution in [0.1, 0.15) is 70.8 Å². The largest absolute Gasteiger partial charge is 0.493 e. The lowest BCUT2D eigenvalue weighted by molar-refractivity contribution is -0.157. The number of nitrogens with zero attached hydrogens (tertiary/aromatic N) is 2. The minimum atomic E-state index is -0.647. The Labute approximate surface area is 256 Å². The fraction of sp³-hybridized carbons (Fsp3) is 0.559. The van der Waals surface area contributed by atoms with Crippen LogP contribution >= 0.6 is 0 Å². The fourth-order valence-corrected chi connectivity index (χ4v) is 5.46. The van der Waals surface area contributed by atoms with Crippen LogP contribution in [0.15, 0.2) is 36.4 Å². The topological polar surface area (TPSA) is 97.4 Å². The molecular formula is C34H49N3O6. The van der Waals surface area contributed by atoms with Crippen molar-refractivity contribution >= 4 is 17.7 Å². The second-order valence-electron chi connectivity index (χ2n) is 11.1. The van der Waals surface area contributed by atoms with E-state index in [1.165, 1.54) is 30.6 Å². The number of benzene rings is 2. The van der Waals surface area contributed by atoms with Gasteiger partial charge in [-0.2, -0.15) is 0 Å². The number of carbonyl (C=O) groups excluding carboxylic acids is 3. The van der Waals surface area contributed by atoms with E-state index in [9.17, 15) is 14.4 Å². The average molecular weight is 596 g/mol. The highest BCUT2D eigenvalue weighted by atomic mass is 16.5. The summed E-state index contributed by atoms with van der Waals surface area (Å²) in [5, 5.41) is 2.93. The van der Waals surface area contributed by atoms with Gasteiger partial charge in [0.1, 0.15) is 19.1 Å². The molecule has 0 aliphatic carbocycles. The molecule has 0 saturated carbocycles. The first-order chi connectivity index (χ1) is 20.9. The van der Waals surface area contributed by atoms with E-state index >= 15 is 0 Å². The zero-order valence-electron chi connectivity index (χ0n) is 26.6. The first kappa shape index (κ1) is 33.7. The Kier molecular flexibility index (Phi) is 13.6. The van der Waals surface area contributed by atoms with Crippen LogP contribution in [0.2, 0.25) is 0 Å². The third-order valence-electron chi connectivity index (χ3n) is 7.94. The highest BCUT2D eigenvalue weighted by molar-refractivity contribution is 5.97. The van der Waals surface area contributed by atoms with Crippen molar-refractivity contribution in [2.75, 3.05) is 47.5 Å². The molecule has 1 N–H and O–H groups in total. The SMILES string of the molecule is CCCCCCCCNC(=O)CN1CC(=O)N(CCCC)C(Cc2ccc(-c3cc(OC)c(OC)c(OC)c3)cc2)C1=O. The van der Waals surface area contributed by atoms with Gasteiger partial charge in [0, 0.05) is 19.5 Å². The van der Waals surface area contributed by atoms with Crippen molar-refractivity contribution in [3.05, 3.63) is 42.0 Å². The number of hydrogen-bond acceptors (Lipinski definition) is 6. The molecule has 1 unspecified atom stereocenters. The number of amides is 3. The molecule has 43 heavy (non-hydrogen) atoms. The van der Waals surface area contributed by atoms with E-state index in [1.54, 1.807) is 26.2 Å². The second-order valence-corrected chi connectivity index (χ2v) is 11.1. The van der Waals surface area contributed by atoms with Gasteiger partial charge in [-0.3, -0.25) is 14.4 Å². The van der Waals surface area contributed by atoms with Crippen LogP contribution in [0.4, 0.5) is 0 Å². The van der Waals surface area contributed by atoms with E-state index in [1.807, 2.05) is 36.4 Å². The number of piperazine rings is 1. The van der Waals surface area contributed by atoms with Crippen molar-refractivity contribution in [3.8, 4) is 28.4 Å². The molecular weight excluding hydrogens is 546 g/mol. The van der Waals surface area contributed by atoms with E-state index in [-0.39, 0.29) is 30.8 Å². The molecule has 9 heteroatoms. The molecule has 9 nitrogen and oxygen atoms in total. The lowest BCUT2D eigenvalue weighted by Gasteiger charge is -2.40. The van der Waals surface area contributed by atoms with Crippen LogP contribution < -0.4 is 19.5 Å².